The number of likely N-dealkylation sites (tertiary alicyclic amines) is 1. The van der Waals surface area contributed by atoms with Crippen molar-refractivity contribution in [3.63, 3.8) is 0 Å². The molecule has 1 aromatic heterocycles. The number of aromatic nitrogens is 1. The molecule has 160 valence electrons. The number of carbonyl (C=O) groups is 2. The molecule has 30 heavy (non-hydrogen) atoms. The second-order valence-corrected chi connectivity index (χ2v) is 7.17. The van der Waals surface area contributed by atoms with Gasteiger partial charge in [0, 0.05) is 24.7 Å². The highest BCUT2D eigenvalue weighted by atomic mass is 16.7. The molecule has 0 N–H and O–H groups in total. The Kier molecular flexibility index (Phi) is 6.18. The summed E-state index contributed by atoms with van der Waals surface area (Å²) >= 11 is 0. The van der Waals surface area contributed by atoms with Crippen LogP contribution in [0, 0.1) is 5.92 Å². The molecule has 1 amide bonds. The van der Waals surface area contributed by atoms with E-state index in [0.717, 1.165) is 18.4 Å². The first kappa shape index (κ1) is 20.2. The summed E-state index contributed by atoms with van der Waals surface area (Å²) in [6, 6.07) is 7.27. The maximum absolute atomic E-state index is 12.4. The lowest BCUT2D eigenvalue weighted by molar-refractivity contribution is -0.152. The Morgan fingerprint density at radius 1 is 1.23 bits per heavy atom. The normalized spacial score (nSPS) is 17.8. The fourth-order valence-electron chi connectivity index (χ4n) is 3.56. The van der Waals surface area contributed by atoms with Gasteiger partial charge in [-0.05, 0) is 38.0 Å². The lowest BCUT2D eigenvalue weighted by atomic mass is 9.98. The first-order chi connectivity index (χ1) is 14.6. The zero-order valence-corrected chi connectivity index (χ0v) is 16.8. The van der Waals surface area contributed by atoms with Crippen molar-refractivity contribution < 1.29 is 33.1 Å². The lowest BCUT2D eigenvalue weighted by Gasteiger charge is -2.31. The standard InChI is InChI=1S/C21H24N2O7/c1-2-27-21(25)15-4-3-7-23(10-15)20(24)12-26-11-16-9-18(30-22-16)14-5-6-17-19(8-14)29-13-28-17/h5-6,8-9,15H,2-4,7,10-13H2,1H3. The topological polar surface area (TPSA) is 100 Å². The van der Waals surface area contributed by atoms with Gasteiger partial charge in [-0.2, -0.15) is 0 Å². The van der Waals surface area contributed by atoms with Crippen LogP contribution >= 0.6 is 0 Å². The highest BCUT2D eigenvalue weighted by Crippen LogP contribution is 2.36. The molecule has 0 spiro atoms. The SMILES string of the molecule is CCOC(=O)C1CCCN(C(=O)COCc2cc(-c3ccc4c(c3)OCO4)on2)C1. The van der Waals surface area contributed by atoms with Crippen molar-refractivity contribution >= 4 is 11.9 Å². The number of fused-ring (bicyclic) bond motifs is 1. The molecule has 2 aromatic rings. The van der Waals surface area contributed by atoms with Crippen LogP contribution in [0.2, 0.25) is 0 Å². The van der Waals surface area contributed by atoms with Gasteiger partial charge in [0.1, 0.15) is 12.3 Å². The van der Waals surface area contributed by atoms with Crippen LogP contribution in [0.15, 0.2) is 28.8 Å². The van der Waals surface area contributed by atoms with Crippen LogP contribution < -0.4 is 9.47 Å². The van der Waals surface area contributed by atoms with E-state index in [1.165, 1.54) is 0 Å². The highest BCUT2D eigenvalue weighted by molar-refractivity contribution is 5.79. The fourth-order valence-corrected chi connectivity index (χ4v) is 3.56. The number of amides is 1. The van der Waals surface area contributed by atoms with Gasteiger partial charge in [0.05, 0.1) is 19.1 Å². The Balaban J connectivity index is 1.26. The number of piperidine rings is 1. The van der Waals surface area contributed by atoms with E-state index in [4.69, 9.17) is 23.5 Å². The van der Waals surface area contributed by atoms with E-state index in [9.17, 15) is 9.59 Å². The molecule has 1 saturated heterocycles. The fraction of sp³-hybridized carbons (Fsp3) is 0.476. The van der Waals surface area contributed by atoms with Crippen molar-refractivity contribution in [3.8, 4) is 22.8 Å². The molecular formula is C21H24N2O7. The largest absolute Gasteiger partial charge is 0.466 e. The number of rotatable bonds is 7. The van der Waals surface area contributed by atoms with Crippen molar-refractivity contribution in [2.75, 3.05) is 33.1 Å². The third-order valence-electron chi connectivity index (χ3n) is 5.09. The molecule has 1 aromatic carbocycles. The summed E-state index contributed by atoms with van der Waals surface area (Å²) < 4.78 is 26.6. The number of esters is 1. The predicted molar refractivity (Wildman–Crippen MR) is 104 cm³/mol. The number of hydrogen-bond donors (Lipinski definition) is 0. The van der Waals surface area contributed by atoms with Gasteiger partial charge < -0.3 is 28.4 Å². The third kappa shape index (κ3) is 4.56. The van der Waals surface area contributed by atoms with Crippen molar-refractivity contribution in [1.29, 1.82) is 0 Å². The first-order valence-corrected chi connectivity index (χ1v) is 10.0. The molecule has 9 nitrogen and oxygen atoms in total. The lowest BCUT2D eigenvalue weighted by Crippen LogP contribution is -2.44. The summed E-state index contributed by atoms with van der Waals surface area (Å²) in [6.45, 7) is 3.39. The number of nitrogens with zero attached hydrogens (tertiary/aromatic N) is 2. The van der Waals surface area contributed by atoms with Gasteiger partial charge in [-0.15, -0.1) is 0 Å². The second kappa shape index (κ2) is 9.17. The average molecular weight is 416 g/mol. The zero-order chi connectivity index (χ0) is 20.9. The molecule has 2 aliphatic heterocycles. The van der Waals surface area contributed by atoms with E-state index in [-0.39, 0.29) is 37.8 Å². The predicted octanol–water partition coefficient (Wildman–Crippen LogP) is 2.39. The van der Waals surface area contributed by atoms with Crippen LogP contribution in [0.4, 0.5) is 0 Å². The quantitative estimate of drug-likeness (QED) is 0.635. The van der Waals surface area contributed by atoms with Crippen molar-refractivity contribution in [3.05, 3.63) is 30.0 Å². The van der Waals surface area contributed by atoms with E-state index in [0.29, 0.717) is 42.6 Å². The Hall–Kier alpha value is -3.07. The maximum Gasteiger partial charge on any atom is 0.310 e. The maximum atomic E-state index is 12.4. The molecule has 9 heteroatoms. The molecule has 3 heterocycles. The first-order valence-electron chi connectivity index (χ1n) is 10.0. The summed E-state index contributed by atoms with van der Waals surface area (Å²) in [5.41, 5.74) is 1.39. The summed E-state index contributed by atoms with van der Waals surface area (Å²) in [4.78, 5) is 26.0. The molecule has 2 aliphatic rings. The summed E-state index contributed by atoms with van der Waals surface area (Å²) in [6.07, 6.45) is 1.52. The van der Waals surface area contributed by atoms with Gasteiger partial charge in [0.15, 0.2) is 17.3 Å². The van der Waals surface area contributed by atoms with Gasteiger partial charge in [-0.3, -0.25) is 9.59 Å². The smallest absolute Gasteiger partial charge is 0.310 e. The van der Waals surface area contributed by atoms with Crippen LogP contribution in [-0.2, 0) is 25.7 Å². The molecule has 1 fully saturated rings. The summed E-state index contributed by atoms with van der Waals surface area (Å²) in [5.74, 6) is 1.28. The Morgan fingerprint density at radius 2 is 2.10 bits per heavy atom. The molecule has 0 bridgehead atoms. The van der Waals surface area contributed by atoms with E-state index < -0.39 is 0 Å². The Labute approximate surface area is 173 Å². The third-order valence-corrected chi connectivity index (χ3v) is 5.09. The van der Waals surface area contributed by atoms with E-state index in [1.54, 1.807) is 17.9 Å². The van der Waals surface area contributed by atoms with Crippen LogP contribution in [0.25, 0.3) is 11.3 Å². The molecule has 4 rings (SSSR count). The van der Waals surface area contributed by atoms with Gasteiger partial charge in [-0.1, -0.05) is 5.16 Å². The number of benzene rings is 1. The van der Waals surface area contributed by atoms with Gasteiger partial charge in [-0.25, -0.2) is 0 Å². The Bertz CT molecular complexity index is 911. The van der Waals surface area contributed by atoms with Crippen molar-refractivity contribution in [1.82, 2.24) is 10.1 Å². The van der Waals surface area contributed by atoms with Crippen LogP contribution in [-0.4, -0.2) is 55.0 Å². The molecule has 0 radical (unpaired) electrons. The molecule has 1 atom stereocenters. The van der Waals surface area contributed by atoms with Crippen LogP contribution in [0.1, 0.15) is 25.5 Å². The number of hydrogen-bond acceptors (Lipinski definition) is 8. The van der Waals surface area contributed by atoms with Gasteiger partial charge in [0.25, 0.3) is 0 Å². The summed E-state index contributed by atoms with van der Waals surface area (Å²) in [5, 5.41) is 3.99. The summed E-state index contributed by atoms with van der Waals surface area (Å²) in [7, 11) is 0. The minimum Gasteiger partial charge on any atom is -0.466 e. The van der Waals surface area contributed by atoms with E-state index in [2.05, 4.69) is 5.16 Å². The molecule has 0 saturated carbocycles. The van der Waals surface area contributed by atoms with E-state index >= 15 is 0 Å². The van der Waals surface area contributed by atoms with Crippen LogP contribution in [0.5, 0.6) is 11.5 Å². The minimum absolute atomic E-state index is 0.0816. The minimum atomic E-state index is -0.262. The van der Waals surface area contributed by atoms with Crippen molar-refractivity contribution in [2.24, 2.45) is 5.92 Å². The number of carbonyl (C=O) groups excluding carboxylic acids is 2. The van der Waals surface area contributed by atoms with Crippen molar-refractivity contribution in [2.45, 2.75) is 26.4 Å². The zero-order valence-electron chi connectivity index (χ0n) is 16.8. The molecular weight excluding hydrogens is 392 g/mol. The van der Waals surface area contributed by atoms with E-state index in [1.807, 2.05) is 18.2 Å². The average Bonchev–Trinajstić information content (AvgIpc) is 3.43. The Morgan fingerprint density at radius 3 is 2.97 bits per heavy atom. The van der Waals surface area contributed by atoms with Crippen LogP contribution in [0.3, 0.4) is 0 Å². The highest BCUT2D eigenvalue weighted by Gasteiger charge is 2.29. The van der Waals surface area contributed by atoms with Gasteiger partial charge in [0.2, 0.25) is 12.7 Å². The molecule has 0 aliphatic carbocycles. The van der Waals surface area contributed by atoms with Gasteiger partial charge >= 0.3 is 5.97 Å². The number of ether oxygens (including phenoxy) is 4. The second-order valence-electron chi connectivity index (χ2n) is 7.17. The monoisotopic (exact) mass is 416 g/mol. The molecule has 1 unspecified atom stereocenters.